The van der Waals surface area contributed by atoms with E-state index in [0.717, 1.165) is 0 Å². The molecule has 1 heterocycles. The molecule has 0 bridgehead atoms. The summed E-state index contributed by atoms with van der Waals surface area (Å²) in [5.74, 6) is -0.429. The van der Waals surface area contributed by atoms with Gasteiger partial charge in [0.15, 0.2) is 0 Å². The highest BCUT2D eigenvalue weighted by atomic mass is 35.5. The monoisotopic (exact) mass is 414 g/mol. The lowest BCUT2D eigenvalue weighted by Gasteiger charge is -2.26. The van der Waals surface area contributed by atoms with Gasteiger partial charge in [-0.05, 0) is 42.5 Å². The third-order valence-electron chi connectivity index (χ3n) is 3.89. The number of nitrogens with zero attached hydrogens (tertiary/aromatic N) is 1. The second-order valence-corrected chi connectivity index (χ2v) is 8.40. The van der Waals surface area contributed by atoms with E-state index >= 15 is 0 Å². The molecule has 0 saturated carbocycles. The first-order chi connectivity index (χ1) is 12.4. The predicted molar refractivity (Wildman–Crippen MR) is 100 cm³/mol. The van der Waals surface area contributed by atoms with Crippen LogP contribution in [0, 0.1) is 0 Å². The van der Waals surface area contributed by atoms with Crippen molar-refractivity contribution in [3.8, 4) is 0 Å². The number of amides is 1. The Hall–Kier alpha value is -1.64. The Morgan fingerprint density at radius 2 is 1.69 bits per heavy atom. The first kappa shape index (κ1) is 19.1. The minimum Gasteiger partial charge on any atom is -0.379 e. The van der Waals surface area contributed by atoms with Gasteiger partial charge in [0.25, 0.3) is 5.91 Å². The van der Waals surface area contributed by atoms with Crippen molar-refractivity contribution in [2.24, 2.45) is 0 Å². The average molecular weight is 415 g/mol. The van der Waals surface area contributed by atoms with Crippen LogP contribution in [-0.2, 0) is 14.8 Å². The number of morpholine rings is 1. The Morgan fingerprint density at radius 1 is 1.04 bits per heavy atom. The molecule has 2 aromatic carbocycles. The fourth-order valence-corrected chi connectivity index (χ4v) is 4.30. The van der Waals surface area contributed by atoms with E-state index in [-0.39, 0.29) is 15.5 Å². The number of anilines is 1. The number of nitrogens with one attached hydrogen (secondary N) is 1. The van der Waals surface area contributed by atoms with Crippen LogP contribution in [0.1, 0.15) is 10.4 Å². The van der Waals surface area contributed by atoms with Crippen LogP contribution in [0.3, 0.4) is 0 Å². The largest absolute Gasteiger partial charge is 0.379 e. The first-order valence-electron chi connectivity index (χ1n) is 7.82. The van der Waals surface area contributed by atoms with Crippen LogP contribution < -0.4 is 5.32 Å². The van der Waals surface area contributed by atoms with Crippen LogP contribution in [0.5, 0.6) is 0 Å². The van der Waals surface area contributed by atoms with Gasteiger partial charge in [0, 0.05) is 23.8 Å². The summed E-state index contributed by atoms with van der Waals surface area (Å²) in [5.41, 5.74) is 0.691. The van der Waals surface area contributed by atoms with Gasteiger partial charge in [-0.15, -0.1) is 0 Å². The summed E-state index contributed by atoms with van der Waals surface area (Å²) in [6, 6.07) is 10.6. The third kappa shape index (κ3) is 4.19. The first-order valence-corrected chi connectivity index (χ1v) is 10.0. The molecule has 3 rings (SSSR count). The number of sulfonamides is 1. The van der Waals surface area contributed by atoms with Gasteiger partial charge in [-0.25, -0.2) is 8.42 Å². The van der Waals surface area contributed by atoms with Crippen LogP contribution in [-0.4, -0.2) is 44.9 Å². The summed E-state index contributed by atoms with van der Waals surface area (Å²) in [4.78, 5) is 12.5. The molecule has 2 aromatic rings. The molecule has 1 saturated heterocycles. The highest BCUT2D eigenvalue weighted by molar-refractivity contribution is 7.89. The summed E-state index contributed by atoms with van der Waals surface area (Å²) in [7, 11) is -3.57. The van der Waals surface area contributed by atoms with Crippen molar-refractivity contribution in [1.82, 2.24) is 4.31 Å². The van der Waals surface area contributed by atoms with Crippen molar-refractivity contribution in [2.75, 3.05) is 31.6 Å². The minimum atomic E-state index is -3.57. The topological polar surface area (TPSA) is 75.7 Å². The van der Waals surface area contributed by atoms with Crippen LogP contribution in [0.2, 0.25) is 10.0 Å². The lowest BCUT2D eigenvalue weighted by atomic mass is 10.2. The SMILES string of the molecule is O=C(Nc1ccc(S(=O)(=O)N2CCOCC2)cc1)c1cc(Cl)ccc1Cl. The number of ether oxygens (including phenoxy) is 1. The second kappa shape index (κ2) is 7.94. The smallest absolute Gasteiger partial charge is 0.257 e. The predicted octanol–water partition coefficient (Wildman–Crippen LogP) is 3.27. The fraction of sp³-hybridized carbons (Fsp3) is 0.235. The summed E-state index contributed by atoms with van der Waals surface area (Å²) in [6.07, 6.45) is 0. The number of carbonyl (C=O) groups is 1. The van der Waals surface area contributed by atoms with Crippen LogP contribution in [0.15, 0.2) is 47.4 Å². The molecule has 0 atom stereocenters. The van der Waals surface area contributed by atoms with Crippen molar-refractivity contribution < 1.29 is 17.9 Å². The van der Waals surface area contributed by atoms with Gasteiger partial charge in [0.1, 0.15) is 0 Å². The Morgan fingerprint density at radius 3 is 2.35 bits per heavy atom. The molecule has 1 aliphatic heterocycles. The minimum absolute atomic E-state index is 0.165. The maximum atomic E-state index is 12.6. The molecule has 0 unspecified atom stereocenters. The standard InChI is InChI=1S/C17H16Cl2N2O4S/c18-12-1-6-16(19)15(11-12)17(22)20-13-2-4-14(5-3-13)26(23,24)21-7-9-25-10-8-21/h1-6,11H,7-10H2,(H,20,22). The van der Waals surface area contributed by atoms with Gasteiger partial charge in [0.05, 0.1) is 28.7 Å². The Kier molecular flexibility index (Phi) is 5.84. The Bertz CT molecular complexity index is 911. The van der Waals surface area contributed by atoms with E-state index in [1.807, 2.05) is 0 Å². The van der Waals surface area contributed by atoms with E-state index in [1.54, 1.807) is 6.07 Å². The van der Waals surface area contributed by atoms with E-state index in [0.29, 0.717) is 37.0 Å². The lowest BCUT2D eigenvalue weighted by molar-refractivity contribution is 0.0730. The number of hydrogen-bond acceptors (Lipinski definition) is 4. The molecular weight excluding hydrogens is 399 g/mol. The molecule has 1 fully saturated rings. The zero-order valence-electron chi connectivity index (χ0n) is 13.6. The van der Waals surface area contributed by atoms with Gasteiger partial charge < -0.3 is 10.1 Å². The maximum absolute atomic E-state index is 12.6. The zero-order valence-corrected chi connectivity index (χ0v) is 15.9. The van der Waals surface area contributed by atoms with Gasteiger partial charge in [-0.1, -0.05) is 23.2 Å². The van der Waals surface area contributed by atoms with Crippen LogP contribution in [0.25, 0.3) is 0 Å². The molecule has 26 heavy (non-hydrogen) atoms. The van der Waals surface area contributed by atoms with E-state index in [9.17, 15) is 13.2 Å². The normalized spacial score (nSPS) is 15.6. The highest BCUT2D eigenvalue weighted by Gasteiger charge is 2.26. The molecule has 1 amide bonds. The summed E-state index contributed by atoms with van der Waals surface area (Å²) in [5, 5.41) is 3.35. The zero-order chi connectivity index (χ0) is 18.7. The number of hydrogen-bond donors (Lipinski definition) is 1. The second-order valence-electron chi connectivity index (χ2n) is 5.62. The van der Waals surface area contributed by atoms with Crippen LogP contribution >= 0.6 is 23.2 Å². The molecule has 9 heteroatoms. The quantitative estimate of drug-likeness (QED) is 0.832. The van der Waals surface area contributed by atoms with Crippen molar-refractivity contribution in [2.45, 2.75) is 4.90 Å². The van der Waals surface area contributed by atoms with Gasteiger partial charge in [0.2, 0.25) is 10.0 Å². The maximum Gasteiger partial charge on any atom is 0.257 e. The molecule has 0 aliphatic carbocycles. The fourth-order valence-electron chi connectivity index (χ4n) is 2.52. The van der Waals surface area contributed by atoms with Crippen molar-refractivity contribution in [3.05, 3.63) is 58.1 Å². The highest BCUT2D eigenvalue weighted by Crippen LogP contribution is 2.23. The third-order valence-corrected chi connectivity index (χ3v) is 6.37. The number of halogens is 2. The molecular formula is C17H16Cl2N2O4S. The Balaban J connectivity index is 1.75. The number of benzene rings is 2. The Labute approximate surface area is 161 Å². The van der Waals surface area contributed by atoms with Crippen molar-refractivity contribution >= 4 is 44.8 Å². The summed E-state index contributed by atoms with van der Waals surface area (Å²) in [6.45, 7) is 1.42. The van der Waals surface area contributed by atoms with Gasteiger partial charge in [-0.3, -0.25) is 4.79 Å². The number of carbonyl (C=O) groups excluding carboxylic acids is 1. The molecule has 6 nitrogen and oxygen atoms in total. The molecule has 138 valence electrons. The van der Waals surface area contributed by atoms with E-state index in [1.165, 1.54) is 40.7 Å². The molecule has 1 aliphatic rings. The van der Waals surface area contributed by atoms with E-state index < -0.39 is 15.9 Å². The number of rotatable bonds is 4. The summed E-state index contributed by atoms with van der Waals surface area (Å²) < 4.78 is 31.7. The van der Waals surface area contributed by atoms with E-state index in [4.69, 9.17) is 27.9 Å². The lowest BCUT2D eigenvalue weighted by Crippen LogP contribution is -2.40. The molecule has 0 radical (unpaired) electrons. The van der Waals surface area contributed by atoms with Crippen molar-refractivity contribution in [3.63, 3.8) is 0 Å². The molecule has 1 N–H and O–H groups in total. The summed E-state index contributed by atoms with van der Waals surface area (Å²) >= 11 is 11.9. The average Bonchev–Trinajstić information content (AvgIpc) is 2.65. The van der Waals surface area contributed by atoms with Crippen LogP contribution in [0.4, 0.5) is 5.69 Å². The molecule has 0 aromatic heterocycles. The van der Waals surface area contributed by atoms with Gasteiger partial charge >= 0.3 is 0 Å². The molecule has 0 spiro atoms. The van der Waals surface area contributed by atoms with Gasteiger partial charge in [-0.2, -0.15) is 4.31 Å². The van der Waals surface area contributed by atoms with E-state index in [2.05, 4.69) is 5.32 Å². The van der Waals surface area contributed by atoms with Crippen molar-refractivity contribution in [1.29, 1.82) is 0 Å².